The van der Waals surface area contributed by atoms with E-state index < -0.39 is 11.8 Å². The molecule has 0 saturated carbocycles. The minimum Gasteiger partial charge on any atom is -0.478 e. The molecule has 4 nitrogen and oxygen atoms in total. The van der Waals surface area contributed by atoms with Crippen molar-refractivity contribution in [1.82, 2.24) is 9.55 Å². The second-order valence-electron chi connectivity index (χ2n) is 4.63. The van der Waals surface area contributed by atoms with Crippen molar-refractivity contribution < 1.29 is 14.3 Å². The molecule has 1 N–H and O–H groups in total. The standard InChI is InChI=1S/C15H10ClFN2O2/c1-19-13-5-2-8(15(20)21)6-12(13)18-14(19)10-4-3-9(17)7-11(10)16/h2-7H,1H3,(H,20,21). The molecule has 0 atom stereocenters. The third kappa shape index (κ3) is 2.25. The second-order valence-corrected chi connectivity index (χ2v) is 5.03. The van der Waals surface area contributed by atoms with Gasteiger partial charge < -0.3 is 9.67 Å². The number of aromatic nitrogens is 2. The van der Waals surface area contributed by atoms with E-state index in [1.807, 2.05) is 0 Å². The van der Waals surface area contributed by atoms with Gasteiger partial charge in [0.05, 0.1) is 21.6 Å². The van der Waals surface area contributed by atoms with Crippen LogP contribution in [0, 0.1) is 5.82 Å². The van der Waals surface area contributed by atoms with E-state index >= 15 is 0 Å². The van der Waals surface area contributed by atoms with E-state index in [2.05, 4.69) is 4.98 Å². The van der Waals surface area contributed by atoms with Crippen molar-refractivity contribution in [2.75, 3.05) is 0 Å². The largest absolute Gasteiger partial charge is 0.478 e. The summed E-state index contributed by atoms with van der Waals surface area (Å²) in [5.74, 6) is -0.878. The van der Waals surface area contributed by atoms with Gasteiger partial charge in [0.25, 0.3) is 0 Å². The molecule has 0 radical (unpaired) electrons. The molecular weight excluding hydrogens is 295 g/mol. The van der Waals surface area contributed by atoms with Crippen LogP contribution in [0.15, 0.2) is 36.4 Å². The number of carbonyl (C=O) groups is 1. The van der Waals surface area contributed by atoms with Crippen molar-refractivity contribution in [3.63, 3.8) is 0 Å². The van der Waals surface area contributed by atoms with E-state index in [0.717, 1.165) is 5.52 Å². The number of carboxylic acids is 1. The molecule has 0 aliphatic rings. The predicted octanol–water partition coefficient (Wildman–Crippen LogP) is 3.73. The number of carboxylic acid groups (broad SMARTS) is 1. The van der Waals surface area contributed by atoms with E-state index in [1.54, 1.807) is 23.7 Å². The lowest BCUT2D eigenvalue weighted by Crippen LogP contribution is -1.96. The first-order chi connectivity index (χ1) is 9.97. The molecule has 0 fully saturated rings. The molecule has 3 aromatic rings. The number of rotatable bonds is 2. The summed E-state index contributed by atoms with van der Waals surface area (Å²) in [5.41, 5.74) is 2.08. The summed E-state index contributed by atoms with van der Waals surface area (Å²) in [6.45, 7) is 0. The smallest absolute Gasteiger partial charge is 0.335 e. The summed E-state index contributed by atoms with van der Waals surface area (Å²) < 4.78 is 14.9. The van der Waals surface area contributed by atoms with Gasteiger partial charge in [-0.25, -0.2) is 14.2 Å². The first-order valence-electron chi connectivity index (χ1n) is 6.12. The van der Waals surface area contributed by atoms with Crippen molar-refractivity contribution in [2.24, 2.45) is 7.05 Å². The highest BCUT2D eigenvalue weighted by Crippen LogP contribution is 2.30. The maximum atomic E-state index is 13.1. The Morgan fingerprint density at radius 2 is 2.05 bits per heavy atom. The zero-order chi connectivity index (χ0) is 15.1. The van der Waals surface area contributed by atoms with Crippen molar-refractivity contribution in [3.05, 3.63) is 52.8 Å². The highest BCUT2D eigenvalue weighted by molar-refractivity contribution is 6.33. The van der Waals surface area contributed by atoms with Crippen LogP contribution in [0.4, 0.5) is 4.39 Å². The Labute approximate surface area is 124 Å². The Bertz CT molecular complexity index is 873. The topological polar surface area (TPSA) is 55.1 Å². The summed E-state index contributed by atoms with van der Waals surface area (Å²) in [6, 6.07) is 8.78. The maximum Gasteiger partial charge on any atom is 0.335 e. The lowest BCUT2D eigenvalue weighted by atomic mass is 10.2. The Morgan fingerprint density at radius 3 is 2.71 bits per heavy atom. The number of hydrogen-bond acceptors (Lipinski definition) is 2. The fraction of sp³-hybridized carbons (Fsp3) is 0.0667. The molecule has 0 unspecified atom stereocenters. The number of imidazole rings is 1. The molecule has 106 valence electrons. The first-order valence-corrected chi connectivity index (χ1v) is 6.50. The normalized spacial score (nSPS) is 11.0. The monoisotopic (exact) mass is 304 g/mol. The van der Waals surface area contributed by atoms with Crippen LogP contribution in [0.2, 0.25) is 5.02 Å². The number of aromatic carboxylic acids is 1. The molecule has 0 spiro atoms. The molecule has 21 heavy (non-hydrogen) atoms. The minimum absolute atomic E-state index is 0.164. The van der Waals surface area contributed by atoms with Crippen LogP contribution in [-0.2, 0) is 7.05 Å². The second kappa shape index (κ2) is 4.86. The van der Waals surface area contributed by atoms with Crippen LogP contribution >= 0.6 is 11.6 Å². The Hall–Kier alpha value is -2.40. The van der Waals surface area contributed by atoms with Crippen LogP contribution in [0.1, 0.15) is 10.4 Å². The van der Waals surface area contributed by atoms with Crippen LogP contribution in [0.5, 0.6) is 0 Å². The number of halogens is 2. The number of fused-ring (bicyclic) bond motifs is 1. The van der Waals surface area contributed by atoms with Gasteiger partial charge in [-0.1, -0.05) is 11.6 Å². The molecular formula is C15H10ClFN2O2. The maximum absolute atomic E-state index is 13.1. The molecule has 0 saturated heterocycles. The van der Waals surface area contributed by atoms with Gasteiger partial charge in [-0.3, -0.25) is 0 Å². The fourth-order valence-electron chi connectivity index (χ4n) is 2.24. The molecule has 0 amide bonds. The van der Waals surface area contributed by atoms with Crippen LogP contribution in [0.3, 0.4) is 0 Å². The van der Waals surface area contributed by atoms with Gasteiger partial charge in [-0.15, -0.1) is 0 Å². The molecule has 0 aliphatic heterocycles. The van der Waals surface area contributed by atoms with Gasteiger partial charge in [-0.2, -0.15) is 0 Å². The third-order valence-corrected chi connectivity index (χ3v) is 3.61. The number of hydrogen-bond donors (Lipinski definition) is 1. The molecule has 0 bridgehead atoms. The zero-order valence-corrected chi connectivity index (χ0v) is 11.7. The van der Waals surface area contributed by atoms with E-state index in [4.69, 9.17) is 16.7 Å². The fourth-order valence-corrected chi connectivity index (χ4v) is 2.50. The summed E-state index contributed by atoms with van der Waals surface area (Å²) >= 11 is 6.06. The van der Waals surface area contributed by atoms with Gasteiger partial charge >= 0.3 is 5.97 Å². The predicted molar refractivity (Wildman–Crippen MR) is 78.1 cm³/mol. The number of benzene rings is 2. The van der Waals surface area contributed by atoms with Gasteiger partial charge in [0, 0.05) is 12.6 Å². The van der Waals surface area contributed by atoms with E-state index in [9.17, 15) is 9.18 Å². The van der Waals surface area contributed by atoms with Gasteiger partial charge in [0.2, 0.25) is 0 Å². The Kier molecular flexibility index (Phi) is 3.14. The van der Waals surface area contributed by atoms with Crippen molar-refractivity contribution in [1.29, 1.82) is 0 Å². The van der Waals surface area contributed by atoms with Crippen LogP contribution in [0.25, 0.3) is 22.4 Å². The lowest BCUT2D eigenvalue weighted by molar-refractivity contribution is 0.0697. The average Bonchev–Trinajstić information content (AvgIpc) is 2.75. The zero-order valence-electron chi connectivity index (χ0n) is 11.0. The first kappa shape index (κ1) is 13.6. The molecule has 3 rings (SSSR count). The van der Waals surface area contributed by atoms with Crippen molar-refractivity contribution in [2.45, 2.75) is 0 Å². The quantitative estimate of drug-likeness (QED) is 0.785. The van der Waals surface area contributed by atoms with Crippen LogP contribution < -0.4 is 0 Å². The lowest BCUT2D eigenvalue weighted by Gasteiger charge is -2.04. The van der Waals surface area contributed by atoms with Crippen molar-refractivity contribution in [3.8, 4) is 11.4 Å². The SMILES string of the molecule is Cn1c(-c2ccc(F)cc2Cl)nc2cc(C(=O)O)ccc21. The minimum atomic E-state index is -1.01. The third-order valence-electron chi connectivity index (χ3n) is 3.30. The number of aryl methyl sites for hydroxylation is 1. The van der Waals surface area contributed by atoms with Crippen molar-refractivity contribution >= 4 is 28.6 Å². The molecule has 1 heterocycles. The Balaban J connectivity index is 2.23. The Morgan fingerprint density at radius 1 is 1.29 bits per heavy atom. The summed E-state index contributed by atoms with van der Waals surface area (Å²) in [5, 5.41) is 9.27. The summed E-state index contributed by atoms with van der Waals surface area (Å²) in [7, 11) is 1.80. The highest BCUT2D eigenvalue weighted by Gasteiger charge is 2.14. The molecule has 6 heteroatoms. The molecule has 0 aliphatic carbocycles. The summed E-state index contributed by atoms with van der Waals surface area (Å²) in [4.78, 5) is 15.4. The molecule has 1 aromatic heterocycles. The van der Waals surface area contributed by atoms with Gasteiger partial charge in [0.1, 0.15) is 11.6 Å². The highest BCUT2D eigenvalue weighted by atomic mass is 35.5. The van der Waals surface area contributed by atoms with E-state index in [-0.39, 0.29) is 10.6 Å². The summed E-state index contributed by atoms with van der Waals surface area (Å²) in [6.07, 6.45) is 0. The number of nitrogens with zero attached hydrogens (tertiary/aromatic N) is 2. The molecule has 2 aromatic carbocycles. The van der Waals surface area contributed by atoms with Gasteiger partial charge in [0.15, 0.2) is 0 Å². The van der Waals surface area contributed by atoms with E-state index in [1.165, 1.54) is 24.3 Å². The average molecular weight is 305 g/mol. The van der Waals surface area contributed by atoms with E-state index in [0.29, 0.717) is 16.9 Å². The van der Waals surface area contributed by atoms with Crippen LogP contribution in [-0.4, -0.2) is 20.6 Å². The van der Waals surface area contributed by atoms with Gasteiger partial charge in [-0.05, 0) is 36.4 Å².